The fourth-order valence-electron chi connectivity index (χ4n) is 3.62. The van der Waals surface area contributed by atoms with Crippen molar-refractivity contribution in [1.82, 2.24) is 9.29 Å². The molecule has 128 valence electrons. The van der Waals surface area contributed by atoms with Crippen LogP contribution in [0.1, 0.15) is 19.3 Å². The SMILES string of the molecule is NCCO[C@@H]1C[C@H](O)C12CCN(S(=O)(=O)c1cccnc1)CC2. The van der Waals surface area contributed by atoms with Gasteiger partial charge in [0.1, 0.15) is 4.90 Å². The molecule has 1 saturated heterocycles. The predicted molar refractivity (Wildman–Crippen MR) is 84.1 cm³/mol. The van der Waals surface area contributed by atoms with Gasteiger partial charge in [0.2, 0.25) is 10.0 Å². The van der Waals surface area contributed by atoms with Crippen LogP contribution in [0.25, 0.3) is 0 Å². The molecule has 8 heteroatoms. The van der Waals surface area contributed by atoms with Gasteiger partial charge in [0.25, 0.3) is 0 Å². The Balaban J connectivity index is 1.69. The van der Waals surface area contributed by atoms with Crippen LogP contribution in [0.5, 0.6) is 0 Å². The number of aromatic nitrogens is 1. The van der Waals surface area contributed by atoms with Crippen molar-refractivity contribution in [2.75, 3.05) is 26.2 Å². The summed E-state index contributed by atoms with van der Waals surface area (Å²) in [4.78, 5) is 4.09. The minimum absolute atomic E-state index is 0.0238. The number of sulfonamides is 1. The summed E-state index contributed by atoms with van der Waals surface area (Å²) in [5.74, 6) is 0. The molecular weight excluding hydrogens is 318 g/mol. The zero-order valence-electron chi connectivity index (χ0n) is 13.0. The molecule has 1 aliphatic carbocycles. The Hall–Kier alpha value is -1.06. The van der Waals surface area contributed by atoms with Gasteiger partial charge in [-0.2, -0.15) is 4.31 Å². The molecule has 0 aromatic carbocycles. The molecule has 2 atom stereocenters. The maximum atomic E-state index is 12.6. The van der Waals surface area contributed by atoms with Gasteiger partial charge in [-0.3, -0.25) is 4.98 Å². The van der Waals surface area contributed by atoms with Gasteiger partial charge in [0, 0.05) is 43.9 Å². The van der Waals surface area contributed by atoms with E-state index in [4.69, 9.17) is 10.5 Å². The second kappa shape index (κ2) is 6.45. The van der Waals surface area contributed by atoms with Gasteiger partial charge in [-0.1, -0.05) is 0 Å². The minimum Gasteiger partial charge on any atom is -0.392 e. The summed E-state index contributed by atoms with van der Waals surface area (Å²) in [5, 5.41) is 10.2. The normalized spacial score (nSPS) is 27.7. The first-order chi connectivity index (χ1) is 11.0. The smallest absolute Gasteiger partial charge is 0.244 e. The van der Waals surface area contributed by atoms with E-state index in [1.54, 1.807) is 18.3 Å². The number of nitrogens with two attached hydrogens (primary N) is 1. The number of hydrogen-bond acceptors (Lipinski definition) is 6. The van der Waals surface area contributed by atoms with Crippen molar-refractivity contribution in [3.8, 4) is 0 Å². The molecule has 3 N–H and O–H groups in total. The highest BCUT2D eigenvalue weighted by Gasteiger charge is 2.56. The van der Waals surface area contributed by atoms with Gasteiger partial charge in [0.05, 0.1) is 18.8 Å². The number of pyridine rings is 1. The average Bonchev–Trinajstić information content (AvgIpc) is 2.59. The molecule has 1 aromatic heterocycles. The molecule has 1 aromatic rings. The standard InChI is InChI=1S/C15H23N3O4S/c16-5-9-22-14-10-13(19)15(14)3-7-18(8-4-15)23(20,21)12-2-1-6-17-11-12/h1-2,6,11,13-14,19H,3-5,7-10,16H2/t13-,14+/m0/s1. The summed E-state index contributed by atoms with van der Waals surface area (Å²) < 4.78 is 32.4. The van der Waals surface area contributed by atoms with Gasteiger partial charge < -0.3 is 15.6 Å². The van der Waals surface area contributed by atoms with E-state index in [9.17, 15) is 13.5 Å². The monoisotopic (exact) mass is 341 g/mol. The number of hydrogen-bond donors (Lipinski definition) is 2. The van der Waals surface area contributed by atoms with Crippen molar-refractivity contribution >= 4 is 10.0 Å². The lowest BCUT2D eigenvalue weighted by Gasteiger charge is -2.56. The third-order valence-electron chi connectivity index (χ3n) is 5.10. The number of piperidine rings is 1. The van der Waals surface area contributed by atoms with Gasteiger partial charge in [-0.15, -0.1) is 0 Å². The van der Waals surface area contributed by atoms with Crippen molar-refractivity contribution in [3.63, 3.8) is 0 Å². The summed E-state index contributed by atoms with van der Waals surface area (Å²) in [5.41, 5.74) is 5.15. The van der Waals surface area contributed by atoms with Crippen LogP contribution in [-0.2, 0) is 14.8 Å². The lowest BCUT2D eigenvalue weighted by Crippen LogP contribution is -2.62. The molecule has 2 heterocycles. The molecule has 1 spiro atoms. The molecular formula is C15H23N3O4S. The van der Waals surface area contributed by atoms with E-state index in [1.165, 1.54) is 10.5 Å². The number of nitrogens with zero attached hydrogens (tertiary/aromatic N) is 2. The van der Waals surface area contributed by atoms with Crippen LogP contribution in [0.3, 0.4) is 0 Å². The summed E-state index contributed by atoms with van der Waals surface area (Å²) in [6.45, 7) is 1.69. The zero-order chi connectivity index (χ0) is 16.5. The van der Waals surface area contributed by atoms with Crippen LogP contribution in [0, 0.1) is 5.41 Å². The maximum absolute atomic E-state index is 12.6. The molecule has 23 heavy (non-hydrogen) atoms. The van der Waals surface area contributed by atoms with Crippen LogP contribution in [0.4, 0.5) is 0 Å². The fourth-order valence-corrected chi connectivity index (χ4v) is 5.02. The lowest BCUT2D eigenvalue weighted by atomic mass is 9.58. The molecule has 0 unspecified atom stereocenters. The highest BCUT2D eigenvalue weighted by Crippen LogP contribution is 2.51. The molecule has 2 fully saturated rings. The molecule has 7 nitrogen and oxygen atoms in total. The van der Waals surface area contributed by atoms with Crippen molar-refractivity contribution < 1.29 is 18.3 Å². The summed E-state index contributed by atoms with van der Waals surface area (Å²) >= 11 is 0. The second-order valence-corrected chi connectivity index (χ2v) is 8.16. The van der Waals surface area contributed by atoms with E-state index in [0.29, 0.717) is 45.5 Å². The highest BCUT2D eigenvalue weighted by atomic mass is 32.2. The molecule has 0 bridgehead atoms. The van der Waals surface area contributed by atoms with Gasteiger partial charge in [-0.25, -0.2) is 8.42 Å². The minimum atomic E-state index is -3.52. The lowest BCUT2D eigenvalue weighted by molar-refractivity contribution is -0.206. The van der Waals surface area contributed by atoms with E-state index in [1.807, 2.05) is 0 Å². The number of rotatable bonds is 5. The van der Waals surface area contributed by atoms with Crippen molar-refractivity contribution in [3.05, 3.63) is 24.5 Å². The first kappa shape index (κ1) is 16.8. The molecule has 0 amide bonds. The largest absolute Gasteiger partial charge is 0.392 e. The van der Waals surface area contributed by atoms with E-state index >= 15 is 0 Å². The van der Waals surface area contributed by atoms with Crippen LogP contribution >= 0.6 is 0 Å². The van der Waals surface area contributed by atoms with Gasteiger partial charge in [0.15, 0.2) is 0 Å². The Morgan fingerprint density at radius 2 is 2.17 bits per heavy atom. The first-order valence-corrected chi connectivity index (χ1v) is 9.34. The highest BCUT2D eigenvalue weighted by molar-refractivity contribution is 7.89. The molecule has 1 saturated carbocycles. The van der Waals surface area contributed by atoms with Crippen molar-refractivity contribution in [2.45, 2.75) is 36.4 Å². The van der Waals surface area contributed by atoms with Gasteiger partial charge >= 0.3 is 0 Å². The zero-order valence-corrected chi connectivity index (χ0v) is 13.8. The Morgan fingerprint density at radius 3 is 2.74 bits per heavy atom. The Morgan fingerprint density at radius 1 is 1.43 bits per heavy atom. The molecule has 1 aliphatic heterocycles. The van der Waals surface area contributed by atoms with Gasteiger partial charge in [-0.05, 0) is 25.0 Å². The topological polar surface area (TPSA) is 106 Å². The summed E-state index contributed by atoms with van der Waals surface area (Å²) in [6.07, 6.45) is 4.28. The van der Waals surface area contributed by atoms with E-state index in [2.05, 4.69) is 4.98 Å². The maximum Gasteiger partial charge on any atom is 0.244 e. The third kappa shape index (κ3) is 2.89. The Bertz CT molecular complexity index is 629. The fraction of sp³-hybridized carbons (Fsp3) is 0.667. The first-order valence-electron chi connectivity index (χ1n) is 7.90. The Kier molecular flexibility index (Phi) is 4.70. The van der Waals surface area contributed by atoms with Crippen molar-refractivity contribution in [1.29, 1.82) is 0 Å². The third-order valence-corrected chi connectivity index (χ3v) is 6.99. The molecule has 0 radical (unpaired) electrons. The van der Waals surface area contributed by atoms with Crippen LogP contribution in [-0.4, -0.2) is 61.3 Å². The van der Waals surface area contributed by atoms with E-state index < -0.39 is 16.1 Å². The quantitative estimate of drug-likeness (QED) is 0.778. The van der Waals surface area contributed by atoms with Crippen molar-refractivity contribution in [2.24, 2.45) is 11.1 Å². The van der Waals surface area contributed by atoms with Crippen LogP contribution in [0.2, 0.25) is 0 Å². The predicted octanol–water partition coefficient (Wildman–Crippen LogP) is -0.0390. The number of ether oxygens (including phenoxy) is 1. The summed E-state index contributed by atoms with van der Waals surface area (Å²) in [7, 11) is -3.52. The van der Waals surface area contributed by atoms with E-state index in [-0.39, 0.29) is 16.4 Å². The molecule has 2 aliphatic rings. The Labute approximate surface area is 136 Å². The average molecular weight is 341 g/mol. The number of aliphatic hydroxyl groups is 1. The molecule has 3 rings (SSSR count). The van der Waals surface area contributed by atoms with Crippen LogP contribution in [0.15, 0.2) is 29.4 Å². The number of aliphatic hydroxyl groups excluding tert-OH is 1. The van der Waals surface area contributed by atoms with Crippen LogP contribution < -0.4 is 5.73 Å². The van der Waals surface area contributed by atoms with E-state index in [0.717, 1.165) is 0 Å². The summed E-state index contributed by atoms with van der Waals surface area (Å²) in [6, 6.07) is 3.17. The second-order valence-electron chi connectivity index (χ2n) is 6.23.